The molecule has 0 amide bonds. The summed E-state index contributed by atoms with van der Waals surface area (Å²) >= 11 is 0. The van der Waals surface area contributed by atoms with Crippen molar-refractivity contribution in [1.29, 1.82) is 0 Å². The highest BCUT2D eigenvalue weighted by molar-refractivity contribution is 7.89. The standard InChI is InChI=1S/C39H58F3NO5S/c1-8-47-35(44)38(39(40,41)42,43-49(45,46)30-15-12-26(4)13-16-30)48-29-20-22-36(6)28(24-29)14-17-31-33-19-18-32(27(5)11-9-10-25(2)3)37(33,7)23-21-34(31)36/h12-16,25,27,29,31-34,43H,8-11,17-24H2,1-7H3/t27-,29+,31+,32-,33+,34+,36+,37-,38?/m1/s1. The van der Waals surface area contributed by atoms with Crippen molar-refractivity contribution in [3.63, 3.8) is 0 Å². The van der Waals surface area contributed by atoms with Crippen LogP contribution in [-0.2, 0) is 24.3 Å². The molecule has 4 aliphatic rings. The first-order valence-electron chi connectivity index (χ1n) is 18.6. The van der Waals surface area contributed by atoms with Crippen LogP contribution in [0.1, 0.15) is 118 Å². The molecule has 0 spiro atoms. The summed E-state index contributed by atoms with van der Waals surface area (Å²) in [6.45, 7) is 14.6. The van der Waals surface area contributed by atoms with Crippen molar-refractivity contribution in [1.82, 2.24) is 4.72 Å². The second-order valence-corrected chi connectivity index (χ2v) is 18.3. The van der Waals surface area contributed by atoms with Crippen molar-refractivity contribution in [2.45, 2.75) is 142 Å². The summed E-state index contributed by atoms with van der Waals surface area (Å²) < 4.78 is 84.0. The Labute approximate surface area is 292 Å². The molecule has 0 heterocycles. The number of ether oxygens (including phenoxy) is 2. The van der Waals surface area contributed by atoms with Gasteiger partial charge in [-0.2, -0.15) is 17.9 Å². The molecule has 49 heavy (non-hydrogen) atoms. The molecule has 0 radical (unpaired) electrons. The number of esters is 1. The first-order chi connectivity index (χ1) is 22.9. The Morgan fingerprint density at radius 2 is 1.69 bits per heavy atom. The van der Waals surface area contributed by atoms with Crippen molar-refractivity contribution in [3.8, 4) is 0 Å². The predicted molar refractivity (Wildman–Crippen MR) is 185 cm³/mol. The van der Waals surface area contributed by atoms with Crippen molar-refractivity contribution in [3.05, 3.63) is 41.5 Å². The monoisotopic (exact) mass is 709 g/mol. The quantitative estimate of drug-likeness (QED) is 0.133. The fourth-order valence-corrected chi connectivity index (χ4v) is 11.8. The number of nitrogens with one attached hydrogen (secondary N) is 1. The SMILES string of the molecule is CCOC(=O)C(NS(=O)(=O)c1ccc(C)cc1)(O[C@H]1CC[C@@]2(C)C(=CC[C@H]3[C@@H]4CC[C@H]([C@H](C)CCCC(C)C)[C@@]4(C)CC[C@@H]32)C1)C(F)(F)F. The number of rotatable bonds is 12. The van der Waals surface area contributed by atoms with Crippen molar-refractivity contribution < 1.29 is 35.9 Å². The van der Waals surface area contributed by atoms with E-state index in [0.717, 1.165) is 35.8 Å². The molecular weight excluding hydrogens is 651 g/mol. The molecule has 276 valence electrons. The maximum atomic E-state index is 15.0. The Kier molecular flexibility index (Phi) is 11.1. The van der Waals surface area contributed by atoms with Crippen LogP contribution in [0.3, 0.4) is 0 Å². The van der Waals surface area contributed by atoms with Crippen molar-refractivity contribution >= 4 is 16.0 Å². The molecule has 5 rings (SSSR count). The van der Waals surface area contributed by atoms with Gasteiger partial charge in [-0.15, -0.1) is 0 Å². The number of hydrogen-bond acceptors (Lipinski definition) is 5. The average molecular weight is 710 g/mol. The number of carbonyl (C=O) groups is 1. The van der Waals surface area contributed by atoms with Crippen LogP contribution in [0.15, 0.2) is 40.8 Å². The van der Waals surface area contributed by atoms with Crippen LogP contribution < -0.4 is 4.72 Å². The van der Waals surface area contributed by atoms with E-state index in [1.165, 1.54) is 69.7 Å². The van der Waals surface area contributed by atoms with E-state index >= 15 is 13.2 Å². The molecule has 10 heteroatoms. The fraction of sp³-hybridized carbons (Fsp3) is 0.769. The molecule has 0 saturated heterocycles. The molecule has 1 aromatic carbocycles. The molecule has 6 nitrogen and oxygen atoms in total. The zero-order valence-corrected chi connectivity index (χ0v) is 31.3. The van der Waals surface area contributed by atoms with Crippen LogP contribution in [0.5, 0.6) is 0 Å². The maximum Gasteiger partial charge on any atom is 0.443 e. The first-order valence-corrected chi connectivity index (χ1v) is 20.1. The Balaban J connectivity index is 1.37. The highest BCUT2D eigenvalue weighted by Crippen LogP contribution is 2.67. The minimum absolute atomic E-state index is 0.169. The molecular formula is C39H58F3NO5S. The van der Waals surface area contributed by atoms with E-state index in [-0.39, 0.29) is 24.9 Å². The van der Waals surface area contributed by atoms with Crippen LogP contribution in [-0.4, -0.2) is 39.0 Å². The third-order valence-corrected chi connectivity index (χ3v) is 14.6. The Morgan fingerprint density at radius 3 is 2.33 bits per heavy atom. The smallest absolute Gasteiger partial charge is 0.443 e. The zero-order valence-electron chi connectivity index (χ0n) is 30.5. The molecule has 1 aromatic rings. The van der Waals surface area contributed by atoms with Crippen LogP contribution in [0.25, 0.3) is 0 Å². The number of sulfonamides is 1. The van der Waals surface area contributed by atoms with Gasteiger partial charge in [0.05, 0.1) is 17.6 Å². The molecule has 3 saturated carbocycles. The highest BCUT2D eigenvalue weighted by Gasteiger charge is 2.67. The lowest BCUT2D eigenvalue weighted by Gasteiger charge is -2.58. The molecule has 0 bridgehead atoms. The highest BCUT2D eigenvalue weighted by atomic mass is 32.2. The van der Waals surface area contributed by atoms with Gasteiger partial charge in [-0.25, -0.2) is 13.2 Å². The van der Waals surface area contributed by atoms with Gasteiger partial charge in [-0.3, -0.25) is 0 Å². The summed E-state index contributed by atoms with van der Waals surface area (Å²) in [6.07, 6.45) is 6.46. The Morgan fingerprint density at radius 1 is 1.00 bits per heavy atom. The summed E-state index contributed by atoms with van der Waals surface area (Å²) in [7, 11) is -4.83. The van der Waals surface area contributed by atoms with Gasteiger partial charge in [-0.05, 0) is 124 Å². The molecule has 0 aromatic heterocycles. The van der Waals surface area contributed by atoms with Crippen LogP contribution >= 0.6 is 0 Å². The first kappa shape index (κ1) is 38.3. The fourth-order valence-electron chi connectivity index (χ4n) is 10.6. The summed E-state index contributed by atoms with van der Waals surface area (Å²) in [4.78, 5) is 12.8. The number of aryl methyl sites for hydroxylation is 1. The van der Waals surface area contributed by atoms with Gasteiger partial charge in [0.25, 0.3) is 0 Å². The Bertz CT molecular complexity index is 1480. The second kappa shape index (κ2) is 14.3. The summed E-state index contributed by atoms with van der Waals surface area (Å²) in [5.41, 5.74) is -1.93. The van der Waals surface area contributed by atoms with Gasteiger partial charge >= 0.3 is 17.9 Å². The Hall–Kier alpha value is -1.91. The number of halogens is 3. The predicted octanol–water partition coefficient (Wildman–Crippen LogP) is 9.52. The molecule has 3 fully saturated rings. The van der Waals surface area contributed by atoms with E-state index in [2.05, 4.69) is 40.7 Å². The molecule has 9 atom stereocenters. The van der Waals surface area contributed by atoms with Crippen molar-refractivity contribution in [2.24, 2.45) is 46.3 Å². The lowest BCUT2D eigenvalue weighted by atomic mass is 9.47. The number of hydrogen-bond donors (Lipinski definition) is 1. The number of fused-ring (bicyclic) bond motifs is 5. The van der Waals surface area contributed by atoms with E-state index in [1.54, 1.807) is 11.6 Å². The van der Waals surface area contributed by atoms with E-state index in [9.17, 15) is 13.2 Å². The largest absolute Gasteiger partial charge is 0.463 e. The lowest BCUT2D eigenvalue weighted by molar-refractivity contribution is -0.295. The van der Waals surface area contributed by atoms with Gasteiger partial charge in [0, 0.05) is 0 Å². The van der Waals surface area contributed by atoms with Crippen LogP contribution in [0, 0.1) is 53.3 Å². The van der Waals surface area contributed by atoms with E-state index in [1.807, 2.05) is 0 Å². The van der Waals surface area contributed by atoms with Gasteiger partial charge in [-0.1, -0.05) is 83.2 Å². The minimum atomic E-state index is -5.43. The van der Waals surface area contributed by atoms with E-state index in [4.69, 9.17) is 9.47 Å². The maximum absolute atomic E-state index is 15.0. The minimum Gasteiger partial charge on any atom is -0.463 e. The number of carbonyl (C=O) groups excluding carboxylic acids is 1. The van der Waals surface area contributed by atoms with E-state index < -0.39 is 38.9 Å². The topological polar surface area (TPSA) is 81.7 Å². The summed E-state index contributed by atoms with van der Waals surface area (Å²) in [5.74, 6) is 1.99. The zero-order chi connectivity index (χ0) is 36.0. The van der Waals surface area contributed by atoms with Gasteiger partial charge in [0.2, 0.25) is 10.0 Å². The van der Waals surface area contributed by atoms with E-state index in [0.29, 0.717) is 35.5 Å². The number of benzene rings is 1. The second-order valence-electron chi connectivity index (χ2n) is 16.6. The normalized spacial score (nSPS) is 33.5. The number of alkyl halides is 3. The average Bonchev–Trinajstić information content (AvgIpc) is 3.37. The van der Waals surface area contributed by atoms with Crippen molar-refractivity contribution in [2.75, 3.05) is 6.61 Å². The van der Waals surface area contributed by atoms with Crippen LogP contribution in [0.2, 0.25) is 0 Å². The van der Waals surface area contributed by atoms with Gasteiger partial charge in [0.1, 0.15) is 0 Å². The van der Waals surface area contributed by atoms with Crippen LogP contribution in [0.4, 0.5) is 13.2 Å². The molecule has 4 aliphatic carbocycles. The molecule has 1 N–H and O–H groups in total. The molecule has 1 unspecified atom stereocenters. The third-order valence-electron chi connectivity index (χ3n) is 13.2. The van der Waals surface area contributed by atoms with Gasteiger partial charge < -0.3 is 9.47 Å². The van der Waals surface area contributed by atoms with Gasteiger partial charge in [0.15, 0.2) is 0 Å². The summed E-state index contributed by atoms with van der Waals surface area (Å²) in [6, 6.07) is 5.37. The summed E-state index contributed by atoms with van der Waals surface area (Å²) in [5, 5.41) is 0. The molecule has 0 aliphatic heterocycles. The third kappa shape index (κ3) is 7.26. The number of allylic oxidation sites excluding steroid dienone is 1. The lowest BCUT2D eigenvalue weighted by Crippen LogP contribution is -2.67.